The van der Waals surface area contributed by atoms with Gasteiger partial charge in [-0.15, -0.1) is 0 Å². The smallest absolute Gasteiger partial charge is 0.193 e. The third-order valence-corrected chi connectivity index (χ3v) is 2.63. The highest BCUT2D eigenvalue weighted by Gasteiger charge is 2.23. The number of hydrazine groups is 1. The summed E-state index contributed by atoms with van der Waals surface area (Å²) in [6.45, 7) is 6.18. The number of nitrogens with two attached hydrogens (primary N) is 1. The molecule has 0 saturated heterocycles. The van der Waals surface area contributed by atoms with Gasteiger partial charge in [-0.05, 0) is 20.1 Å². The number of rotatable bonds is 3. The molecule has 1 heterocycles. The van der Waals surface area contributed by atoms with Crippen LogP contribution in [0.5, 0.6) is 0 Å². The SMILES string of the molecule is CCC1=NC(NC(C)C)N(N)C(SC)=N1. The van der Waals surface area contributed by atoms with E-state index in [1.807, 2.05) is 13.2 Å². The zero-order valence-electron chi connectivity index (χ0n) is 9.69. The summed E-state index contributed by atoms with van der Waals surface area (Å²) in [6, 6.07) is 0.337. The van der Waals surface area contributed by atoms with E-state index < -0.39 is 0 Å². The second-order valence-corrected chi connectivity index (χ2v) is 4.37. The Bertz CT molecular complexity index is 274. The molecule has 1 aliphatic heterocycles. The van der Waals surface area contributed by atoms with E-state index in [1.165, 1.54) is 11.8 Å². The van der Waals surface area contributed by atoms with Gasteiger partial charge >= 0.3 is 0 Å². The predicted molar refractivity (Wildman–Crippen MR) is 66.8 cm³/mol. The van der Waals surface area contributed by atoms with Crippen LogP contribution in [-0.2, 0) is 0 Å². The first-order valence-electron chi connectivity index (χ1n) is 5.07. The van der Waals surface area contributed by atoms with Crippen LogP contribution in [0.4, 0.5) is 0 Å². The molecule has 0 fully saturated rings. The fourth-order valence-corrected chi connectivity index (χ4v) is 1.75. The average molecular weight is 229 g/mol. The molecule has 3 N–H and O–H groups in total. The summed E-state index contributed by atoms with van der Waals surface area (Å²) in [5, 5.41) is 5.66. The molecule has 1 rings (SSSR count). The van der Waals surface area contributed by atoms with Crippen LogP contribution in [0.15, 0.2) is 9.98 Å². The molecular formula is C9H19N5S. The molecule has 0 saturated carbocycles. The predicted octanol–water partition coefficient (Wildman–Crippen LogP) is 0.985. The van der Waals surface area contributed by atoms with Gasteiger partial charge in [0.05, 0.1) is 0 Å². The lowest BCUT2D eigenvalue weighted by molar-refractivity contribution is 0.262. The van der Waals surface area contributed by atoms with Crippen LogP contribution >= 0.6 is 11.8 Å². The van der Waals surface area contributed by atoms with Crippen molar-refractivity contribution in [3.05, 3.63) is 0 Å². The number of hydrogen-bond acceptors (Lipinski definition) is 6. The standard InChI is InChI=1S/C9H19N5S/c1-5-7-12-8(11-6(2)3)14(10)9(13-7)15-4/h6,8,11H,5,10H2,1-4H3. The molecule has 1 aliphatic rings. The first-order valence-corrected chi connectivity index (χ1v) is 6.30. The van der Waals surface area contributed by atoms with Crippen molar-refractivity contribution in [2.75, 3.05) is 6.26 Å². The molecule has 0 aromatic heterocycles. The van der Waals surface area contributed by atoms with Gasteiger partial charge in [0.2, 0.25) is 0 Å². The minimum absolute atomic E-state index is 0.195. The third kappa shape index (κ3) is 3.19. The van der Waals surface area contributed by atoms with E-state index >= 15 is 0 Å². The normalized spacial score (nSPS) is 21.7. The maximum atomic E-state index is 5.91. The lowest BCUT2D eigenvalue weighted by Gasteiger charge is -2.31. The maximum absolute atomic E-state index is 5.91. The Morgan fingerprint density at radius 2 is 2.27 bits per heavy atom. The zero-order chi connectivity index (χ0) is 11.4. The molecule has 0 bridgehead atoms. The quantitative estimate of drug-likeness (QED) is 0.708. The van der Waals surface area contributed by atoms with Crippen molar-refractivity contribution >= 4 is 22.8 Å². The van der Waals surface area contributed by atoms with Crippen molar-refractivity contribution in [1.29, 1.82) is 0 Å². The number of thioether (sulfide) groups is 1. The molecule has 6 heteroatoms. The Morgan fingerprint density at radius 3 is 2.73 bits per heavy atom. The highest BCUT2D eigenvalue weighted by atomic mass is 32.2. The molecule has 0 amide bonds. The number of aliphatic imine (C=N–C) groups is 2. The lowest BCUT2D eigenvalue weighted by Crippen LogP contribution is -2.54. The minimum Gasteiger partial charge on any atom is -0.275 e. The summed E-state index contributed by atoms with van der Waals surface area (Å²) >= 11 is 1.53. The average Bonchev–Trinajstić information content (AvgIpc) is 2.20. The van der Waals surface area contributed by atoms with Gasteiger partial charge in [-0.3, -0.25) is 10.3 Å². The molecule has 1 atom stereocenters. The fourth-order valence-electron chi connectivity index (χ4n) is 1.24. The summed E-state index contributed by atoms with van der Waals surface area (Å²) in [5.74, 6) is 6.76. The van der Waals surface area contributed by atoms with Gasteiger partial charge in [0.15, 0.2) is 11.5 Å². The van der Waals surface area contributed by atoms with Gasteiger partial charge in [-0.2, -0.15) is 0 Å². The lowest BCUT2D eigenvalue weighted by atomic mass is 10.4. The summed E-state index contributed by atoms with van der Waals surface area (Å²) in [5.41, 5.74) is 0. The number of nitrogens with zero attached hydrogens (tertiary/aromatic N) is 3. The number of hydrogen-bond donors (Lipinski definition) is 2. The molecule has 0 aliphatic carbocycles. The van der Waals surface area contributed by atoms with Gasteiger partial charge in [0.25, 0.3) is 0 Å². The summed E-state index contributed by atoms with van der Waals surface area (Å²) in [6.07, 6.45) is 2.60. The molecule has 0 aromatic carbocycles. The molecule has 0 aromatic rings. The first-order chi connectivity index (χ1) is 7.08. The number of nitrogens with one attached hydrogen (secondary N) is 1. The molecule has 5 nitrogen and oxygen atoms in total. The van der Waals surface area contributed by atoms with Crippen LogP contribution < -0.4 is 11.2 Å². The van der Waals surface area contributed by atoms with Gasteiger partial charge < -0.3 is 0 Å². The van der Waals surface area contributed by atoms with Crippen molar-refractivity contribution in [2.45, 2.75) is 39.5 Å². The van der Waals surface area contributed by atoms with Crippen molar-refractivity contribution in [1.82, 2.24) is 10.3 Å². The Balaban J connectivity index is 2.81. The summed E-state index contributed by atoms with van der Waals surface area (Å²) in [4.78, 5) is 8.77. The van der Waals surface area contributed by atoms with Crippen LogP contribution in [0, 0.1) is 0 Å². The second-order valence-electron chi connectivity index (χ2n) is 3.60. The first kappa shape index (κ1) is 12.5. The monoisotopic (exact) mass is 229 g/mol. The van der Waals surface area contributed by atoms with Crippen LogP contribution in [0.1, 0.15) is 27.2 Å². The summed E-state index contributed by atoms with van der Waals surface area (Å²) in [7, 11) is 0. The zero-order valence-corrected chi connectivity index (χ0v) is 10.5. The van der Waals surface area contributed by atoms with E-state index in [-0.39, 0.29) is 6.29 Å². The fraction of sp³-hybridized carbons (Fsp3) is 0.778. The Labute approximate surface area is 95.2 Å². The number of amidine groups is 2. The topological polar surface area (TPSA) is 66.0 Å². The molecule has 15 heavy (non-hydrogen) atoms. The van der Waals surface area contributed by atoms with Crippen molar-refractivity contribution in [3.8, 4) is 0 Å². The van der Waals surface area contributed by atoms with Gasteiger partial charge in [-0.1, -0.05) is 18.7 Å². The van der Waals surface area contributed by atoms with Crippen LogP contribution in [0.25, 0.3) is 0 Å². The van der Waals surface area contributed by atoms with Crippen LogP contribution in [0.2, 0.25) is 0 Å². The van der Waals surface area contributed by atoms with E-state index in [9.17, 15) is 0 Å². The third-order valence-electron chi connectivity index (χ3n) is 1.96. The largest absolute Gasteiger partial charge is 0.275 e. The Morgan fingerprint density at radius 1 is 1.60 bits per heavy atom. The van der Waals surface area contributed by atoms with Crippen molar-refractivity contribution in [3.63, 3.8) is 0 Å². The maximum Gasteiger partial charge on any atom is 0.193 e. The van der Waals surface area contributed by atoms with Crippen molar-refractivity contribution in [2.24, 2.45) is 15.8 Å². The highest BCUT2D eigenvalue weighted by Crippen LogP contribution is 2.12. The van der Waals surface area contributed by atoms with Crippen molar-refractivity contribution < 1.29 is 0 Å². The molecule has 0 radical (unpaired) electrons. The van der Waals surface area contributed by atoms with E-state index in [1.54, 1.807) is 5.01 Å². The molecule has 86 valence electrons. The highest BCUT2D eigenvalue weighted by molar-refractivity contribution is 8.13. The molecule has 1 unspecified atom stereocenters. The van der Waals surface area contributed by atoms with Crippen LogP contribution in [-0.4, -0.2) is 34.6 Å². The minimum atomic E-state index is -0.195. The van der Waals surface area contributed by atoms with E-state index in [0.29, 0.717) is 6.04 Å². The van der Waals surface area contributed by atoms with Gasteiger partial charge in [0, 0.05) is 12.5 Å². The van der Waals surface area contributed by atoms with Gasteiger partial charge in [-0.25, -0.2) is 15.8 Å². The Kier molecular flexibility index (Phi) is 4.56. The van der Waals surface area contributed by atoms with E-state index in [4.69, 9.17) is 5.84 Å². The van der Waals surface area contributed by atoms with E-state index in [0.717, 1.165) is 17.4 Å². The molecular weight excluding hydrogens is 210 g/mol. The second kappa shape index (κ2) is 5.48. The van der Waals surface area contributed by atoms with Gasteiger partial charge in [0.1, 0.15) is 5.84 Å². The molecule has 0 spiro atoms. The summed E-state index contributed by atoms with van der Waals surface area (Å²) < 4.78 is 0. The van der Waals surface area contributed by atoms with Crippen LogP contribution in [0.3, 0.4) is 0 Å². The Hall–Kier alpha value is -0.590. The van der Waals surface area contributed by atoms with E-state index in [2.05, 4.69) is 29.1 Å².